The Balaban J connectivity index is 2.51. The van der Waals surface area contributed by atoms with Gasteiger partial charge < -0.3 is 4.74 Å². The van der Waals surface area contributed by atoms with E-state index in [0.717, 1.165) is 12.0 Å². The number of ether oxygens (including phenoxy) is 1. The van der Waals surface area contributed by atoms with Gasteiger partial charge in [0, 0.05) is 12.0 Å². The second-order valence-corrected chi connectivity index (χ2v) is 4.67. The molecule has 1 aromatic rings. The molecule has 0 saturated carbocycles. The van der Waals surface area contributed by atoms with Gasteiger partial charge in [0.15, 0.2) is 0 Å². The Kier molecular flexibility index (Phi) is 3.20. The Hall–Kier alpha value is -1.35. The summed E-state index contributed by atoms with van der Waals surface area (Å²) in [6, 6.07) is 7.21. The summed E-state index contributed by atoms with van der Waals surface area (Å²) in [5.41, 5.74) is -0.106. The van der Waals surface area contributed by atoms with Crippen LogP contribution in [0.25, 0.3) is 0 Å². The predicted octanol–water partition coefficient (Wildman–Crippen LogP) is 2.80. The van der Waals surface area contributed by atoms with E-state index in [2.05, 4.69) is 0 Å². The van der Waals surface area contributed by atoms with Crippen molar-refractivity contribution in [1.82, 2.24) is 0 Å². The van der Waals surface area contributed by atoms with Gasteiger partial charge in [0.1, 0.15) is 11.2 Å². The largest absolute Gasteiger partial charge is 0.426 e. The maximum atomic E-state index is 12.0. The van der Waals surface area contributed by atoms with Gasteiger partial charge in [-0.25, -0.2) is 0 Å². The third-order valence-electron chi connectivity index (χ3n) is 3.11. The maximum absolute atomic E-state index is 12.0. The quantitative estimate of drug-likeness (QED) is 0.470. The number of para-hydroxylation sites is 1. The number of halogens is 1. The van der Waals surface area contributed by atoms with Crippen LogP contribution in [0.2, 0.25) is 0 Å². The minimum absolute atomic E-state index is 0.00174. The first kappa shape index (κ1) is 12.1. The van der Waals surface area contributed by atoms with Crippen LogP contribution in [0.3, 0.4) is 0 Å². The molecule has 0 saturated heterocycles. The number of hydrogen-bond acceptors (Lipinski definition) is 3. The molecule has 4 heteroatoms. The zero-order valence-corrected chi connectivity index (χ0v) is 10.3. The van der Waals surface area contributed by atoms with E-state index in [-0.39, 0.29) is 12.4 Å². The molecule has 3 nitrogen and oxygen atoms in total. The SMILES string of the molecule is CCCC1(CC(=O)Cl)C(=O)Oc2ccccc21. The molecule has 0 radical (unpaired) electrons. The fourth-order valence-electron chi connectivity index (χ4n) is 2.42. The number of carbonyl (C=O) groups is 2. The summed E-state index contributed by atoms with van der Waals surface area (Å²) in [6.07, 6.45) is 1.35. The lowest BCUT2D eigenvalue weighted by Crippen LogP contribution is -2.35. The van der Waals surface area contributed by atoms with Crippen molar-refractivity contribution in [2.75, 3.05) is 0 Å². The van der Waals surface area contributed by atoms with Crippen molar-refractivity contribution in [3.63, 3.8) is 0 Å². The molecule has 1 aliphatic rings. The molecule has 90 valence electrons. The highest BCUT2D eigenvalue weighted by Gasteiger charge is 2.49. The number of rotatable bonds is 4. The third kappa shape index (κ3) is 1.95. The average molecular weight is 253 g/mol. The number of fused-ring (bicyclic) bond motifs is 1. The van der Waals surface area contributed by atoms with Crippen LogP contribution in [0, 0.1) is 0 Å². The number of esters is 1. The molecule has 17 heavy (non-hydrogen) atoms. The Morgan fingerprint density at radius 1 is 1.41 bits per heavy atom. The summed E-state index contributed by atoms with van der Waals surface area (Å²) in [5.74, 6) is 0.179. The summed E-state index contributed by atoms with van der Waals surface area (Å²) in [6.45, 7) is 1.97. The molecule has 0 amide bonds. The predicted molar refractivity (Wildman–Crippen MR) is 64.1 cm³/mol. The summed E-state index contributed by atoms with van der Waals surface area (Å²) >= 11 is 5.47. The van der Waals surface area contributed by atoms with Crippen LogP contribution in [0.15, 0.2) is 24.3 Å². The van der Waals surface area contributed by atoms with Gasteiger partial charge in [-0.1, -0.05) is 31.5 Å². The van der Waals surface area contributed by atoms with E-state index >= 15 is 0 Å². The van der Waals surface area contributed by atoms with Gasteiger partial charge in [-0.3, -0.25) is 9.59 Å². The highest BCUT2D eigenvalue weighted by atomic mass is 35.5. The Morgan fingerprint density at radius 2 is 2.12 bits per heavy atom. The minimum atomic E-state index is -0.885. The molecular formula is C13H13ClO3. The topological polar surface area (TPSA) is 43.4 Å². The maximum Gasteiger partial charge on any atom is 0.322 e. The Morgan fingerprint density at radius 3 is 2.76 bits per heavy atom. The fourth-order valence-corrected chi connectivity index (χ4v) is 2.64. The van der Waals surface area contributed by atoms with Crippen LogP contribution in [-0.4, -0.2) is 11.2 Å². The first-order valence-corrected chi connectivity index (χ1v) is 5.98. The lowest BCUT2D eigenvalue weighted by Gasteiger charge is -2.23. The molecule has 1 aromatic carbocycles. The minimum Gasteiger partial charge on any atom is -0.426 e. The van der Waals surface area contributed by atoms with Crippen molar-refractivity contribution in [3.8, 4) is 5.75 Å². The highest BCUT2D eigenvalue weighted by molar-refractivity contribution is 6.63. The zero-order valence-electron chi connectivity index (χ0n) is 9.53. The molecule has 2 rings (SSSR count). The number of benzene rings is 1. The lowest BCUT2D eigenvalue weighted by atomic mass is 9.75. The van der Waals surface area contributed by atoms with Crippen LogP contribution in [0.5, 0.6) is 5.75 Å². The smallest absolute Gasteiger partial charge is 0.322 e. The molecule has 1 aliphatic heterocycles. The molecule has 0 aromatic heterocycles. The van der Waals surface area contributed by atoms with Crippen molar-refractivity contribution in [3.05, 3.63) is 29.8 Å². The van der Waals surface area contributed by atoms with Gasteiger partial charge in [-0.05, 0) is 24.1 Å². The molecular weight excluding hydrogens is 240 g/mol. The van der Waals surface area contributed by atoms with Gasteiger partial charge in [0.05, 0.1) is 0 Å². The summed E-state index contributed by atoms with van der Waals surface area (Å²) in [5, 5.41) is -0.507. The van der Waals surface area contributed by atoms with Crippen LogP contribution in [0.4, 0.5) is 0 Å². The van der Waals surface area contributed by atoms with Crippen LogP contribution in [-0.2, 0) is 15.0 Å². The standard InChI is InChI=1S/C13H13ClO3/c1-2-7-13(8-11(14)15)9-5-3-4-6-10(9)17-12(13)16/h3-6H,2,7-8H2,1H3. The second-order valence-electron chi connectivity index (χ2n) is 4.25. The van der Waals surface area contributed by atoms with E-state index in [4.69, 9.17) is 16.3 Å². The summed E-state index contributed by atoms with van der Waals surface area (Å²) < 4.78 is 5.23. The molecule has 1 heterocycles. The number of carbonyl (C=O) groups excluding carboxylic acids is 2. The highest BCUT2D eigenvalue weighted by Crippen LogP contribution is 2.45. The molecule has 0 spiro atoms. The van der Waals surface area contributed by atoms with Crippen molar-refractivity contribution in [2.24, 2.45) is 0 Å². The zero-order chi connectivity index (χ0) is 12.5. The molecule has 0 aliphatic carbocycles. The average Bonchev–Trinajstić information content (AvgIpc) is 2.53. The summed E-state index contributed by atoms with van der Waals surface area (Å²) in [4.78, 5) is 23.2. The van der Waals surface area contributed by atoms with E-state index in [1.165, 1.54) is 0 Å². The summed E-state index contributed by atoms with van der Waals surface area (Å²) in [7, 11) is 0. The van der Waals surface area contributed by atoms with Crippen LogP contribution < -0.4 is 4.74 Å². The molecule has 0 fully saturated rings. The van der Waals surface area contributed by atoms with Crippen molar-refractivity contribution in [2.45, 2.75) is 31.6 Å². The molecule has 0 N–H and O–H groups in total. The van der Waals surface area contributed by atoms with E-state index < -0.39 is 10.7 Å². The first-order chi connectivity index (χ1) is 8.10. The van der Waals surface area contributed by atoms with Crippen molar-refractivity contribution < 1.29 is 14.3 Å². The van der Waals surface area contributed by atoms with Gasteiger partial charge in [-0.15, -0.1) is 0 Å². The molecule has 0 bridgehead atoms. The third-order valence-corrected chi connectivity index (χ3v) is 3.25. The van der Waals surface area contributed by atoms with Gasteiger partial charge in [0.25, 0.3) is 0 Å². The van der Waals surface area contributed by atoms with Gasteiger partial charge >= 0.3 is 5.97 Å². The van der Waals surface area contributed by atoms with Crippen LogP contribution >= 0.6 is 11.6 Å². The van der Waals surface area contributed by atoms with Crippen molar-refractivity contribution in [1.29, 1.82) is 0 Å². The molecule has 1 unspecified atom stereocenters. The Bertz CT molecular complexity index is 469. The van der Waals surface area contributed by atoms with E-state index in [1.807, 2.05) is 19.1 Å². The molecule has 1 atom stereocenters. The van der Waals surface area contributed by atoms with E-state index in [0.29, 0.717) is 12.2 Å². The monoisotopic (exact) mass is 252 g/mol. The van der Waals surface area contributed by atoms with Crippen molar-refractivity contribution >= 4 is 22.8 Å². The van der Waals surface area contributed by atoms with Gasteiger partial charge in [-0.2, -0.15) is 0 Å². The second kappa shape index (κ2) is 4.49. The normalized spacial score (nSPS) is 22.1. The Labute approximate surface area is 105 Å². The van der Waals surface area contributed by atoms with E-state index in [1.54, 1.807) is 12.1 Å². The van der Waals surface area contributed by atoms with E-state index in [9.17, 15) is 9.59 Å². The fraction of sp³-hybridized carbons (Fsp3) is 0.385. The number of hydrogen-bond donors (Lipinski definition) is 0. The van der Waals surface area contributed by atoms with Gasteiger partial charge in [0.2, 0.25) is 5.24 Å². The first-order valence-electron chi connectivity index (χ1n) is 5.60. The lowest BCUT2D eigenvalue weighted by molar-refractivity contribution is -0.140. The van der Waals surface area contributed by atoms with Crippen LogP contribution in [0.1, 0.15) is 31.7 Å².